The summed E-state index contributed by atoms with van der Waals surface area (Å²) in [5, 5.41) is 0. The fourth-order valence-corrected chi connectivity index (χ4v) is 6.25. The van der Waals surface area contributed by atoms with E-state index in [0.717, 1.165) is 58.2 Å². The van der Waals surface area contributed by atoms with E-state index in [1.165, 1.54) is 18.4 Å². The monoisotopic (exact) mass is 445 g/mol. The van der Waals surface area contributed by atoms with Crippen LogP contribution in [0.15, 0.2) is 11.6 Å². The van der Waals surface area contributed by atoms with Crippen LogP contribution in [0.3, 0.4) is 0 Å². The zero-order valence-electron chi connectivity index (χ0n) is 21.7. The van der Waals surface area contributed by atoms with Gasteiger partial charge in [0, 0.05) is 59.2 Å². The number of carbonyl (C=O) groups excluding carboxylic acids is 2. The van der Waals surface area contributed by atoms with E-state index in [2.05, 4.69) is 52.5 Å². The molecular weight excluding hydrogens is 398 g/mol. The van der Waals surface area contributed by atoms with Gasteiger partial charge in [-0.15, -0.1) is 0 Å². The normalized spacial score (nSPS) is 26.2. The maximum Gasteiger partial charge on any atom is 0.222 e. The van der Waals surface area contributed by atoms with Gasteiger partial charge in [-0.05, 0) is 47.8 Å². The number of rotatable bonds is 8. The summed E-state index contributed by atoms with van der Waals surface area (Å²) in [6.07, 6.45) is 6.62. The lowest BCUT2D eigenvalue weighted by atomic mass is 9.49. The van der Waals surface area contributed by atoms with Gasteiger partial charge in [-0.2, -0.15) is 0 Å². The average Bonchev–Trinajstić information content (AvgIpc) is 2.69. The molecule has 1 aliphatic heterocycles. The summed E-state index contributed by atoms with van der Waals surface area (Å²) >= 11 is 0. The van der Waals surface area contributed by atoms with Crippen molar-refractivity contribution in [1.82, 2.24) is 14.7 Å². The predicted octanol–water partition coefficient (Wildman–Crippen LogP) is 4.43. The summed E-state index contributed by atoms with van der Waals surface area (Å²) in [5.41, 5.74) is 2.15. The van der Waals surface area contributed by atoms with Crippen molar-refractivity contribution in [2.45, 2.75) is 74.1 Å². The highest BCUT2D eigenvalue weighted by molar-refractivity contribution is 5.76. The van der Waals surface area contributed by atoms with Gasteiger partial charge < -0.3 is 9.80 Å². The highest BCUT2D eigenvalue weighted by atomic mass is 16.2. The molecule has 32 heavy (non-hydrogen) atoms. The van der Waals surface area contributed by atoms with Gasteiger partial charge in [0.25, 0.3) is 0 Å². The highest BCUT2D eigenvalue weighted by Crippen LogP contribution is 2.59. The topological polar surface area (TPSA) is 43.9 Å². The van der Waals surface area contributed by atoms with Gasteiger partial charge in [0.05, 0.1) is 0 Å². The van der Waals surface area contributed by atoms with Gasteiger partial charge in [-0.1, -0.05) is 53.2 Å². The Hall–Kier alpha value is -1.36. The zero-order valence-corrected chi connectivity index (χ0v) is 21.7. The van der Waals surface area contributed by atoms with Gasteiger partial charge in [0.15, 0.2) is 0 Å². The molecule has 4 aliphatic rings. The van der Waals surface area contributed by atoms with Crippen molar-refractivity contribution in [3.05, 3.63) is 11.6 Å². The van der Waals surface area contributed by atoms with Crippen molar-refractivity contribution in [2.24, 2.45) is 28.6 Å². The fourth-order valence-electron chi connectivity index (χ4n) is 6.25. The third kappa shape index (κ3) is 6.15. The summed E-state index contributed by atoms with van der Waals surface area (Å²) in [5.74, 6) is 2.38. The molecule has 3 atom stereocenters. The minimum Gasteiger partial charge on any atom is -0.340 e. The van der Waals surface area contributed by atoms with Gasteiger partial charge in [-0.3, -0.25) is 14.5 Å². The quantitative estimate of drug-likeness (QED) is 0.519. The Morgan fingerprint density at radius 2 is 1.84 bits per heavy atom. The molecule has 2 amide bonds. The Bertz CT molecular complexity index is 713. The van der Waals surface area contributed by atoms with Crippen LogP contribution in [0.1, 0.15) is 74.1 Å². The molecular formula is C27H47N3O2. The van der Waals surface area contributed by atoms with Gasteiger partial charge in [-0.25, -0.2) is 0 Å². The second kappa shape index (κ2) is 9.87. The first-order chi connectivity index (χ1) is 14.9. The molecule has 182 valence electrons. The Balaban J connectivity index is 1.42. The fraction of sp³-hybridized carbons (Fsp3) is 0.852. The third-order valence-corrected chi connectivity index (χ3v) is 8.30. The van der Waals surface area contributed by atoms with Crippen LogP contribution >= 0.6 is 0 Å². The second-order valence-electron chi connectivity index (χ2n) is 12.6. The second-order valence-corrected chi connectivity index (χ2v) is 12.6. The van der Waals surface area contributed by atoms with Crippen LogP contribution in [0.5, 0.6) is 0 Å². The van der Waals surface area contributed by atoms with Crippen molar-refractivity contribution in [2.75, 3.05) is 45.8 Å². The molecule has 2 fully saturated rings. The standard InChI is InChI=1S/C27H47N3O2/c1-20(18-26(3,4)5)16-25(32)29-13-10-28(11-14-29)12-15-30(21(2)31)19-22-8-9-23-17-24(22)27(23,6)7/h8,20,23-24H,9-19H2,1-7H3. The van der Waals surface area contributed by atoms with Crippen molar-refractivity contribution in [3.63, 3.8) is 0 Å². The van der Waals surface area contributed by atoms with Gasteiger partial charge >= 0.3 is 0 Å². The lowest BCUT2D eigenvalue weighted by Gasteiger charge is -2.57. The Kier molecular flexibility index (Phi) is 7.79. The molecule has 4 rings (SSSR count). The number of hydrogen-bond acceptors (Lipinski definition) is 3. The highest BCUT2D eigenvalue weighted by Gasteiger charge is 2.51. The summed E-state index contributed by atoms with van der Waals surface area (Å²) < 4.78 is 0. The zero-order chi connectivity index (χ0) is 23.7. The molecule has 0 N–H and O–H groups in total. The van der Waals surface area contributed by atoms with Crippen LogP contribution in [-0.2, 0) is 9.59 Å². The molecule has 0 aromatic rings. The predicted molar refractivity (Wildman–Crippen MR) is 131 cm³/mol. The number of piperazine rings is 1. The molecule has 3 unspecified atom stereocenters. The van der Waals surface area contributed by atoms with Crippen LogP contribution in [0.2, 0.25) is 0 Å². The average molecular weight is 446 g/mol. The smallest absolute Gasteiger partial charge is 0.222 e. The van der Waals surface area contributed by atoms with Crippen molar-refractivity contribution >= 4 is 11.8 Å². The van der Waals surface area contributed by atoms with E-state index < -0.39 is 0 Å². The summed E-state index contributed by atoms with van der Waals surface area (Å²) in [4.78, 5) is 31.5. The summed E-state index contributed by atoms with van der Waals surface area (Å²) in [6, 6.07) is 0. The number of hydrogen-bond donors (Lipinski definition) is 0. The number of allylic oxidation sites excluding steroid dienone is 1. The first-order valence-electron chi connectivity index (χ1n) is 12.8. The minimum atomic E-state index is 0.173. The SMILES string of the molecule is CC(=O)N(CCN1CCN(C(=O)CC(C)CC(C)(C)C)CC1)CC1=CCC2CC1C2(C)C. The molecule has 1 heterocycles. The molecule has 0 radical (unpaired) electrons. The first-order valence-corrected chi connectivity index (χ1v) is 12.8. The minimum absolute atomic E-state index is 0.173. The van der Waals surface area contributed by atoms with E-state index in [4.69, 9.17) is 0 Å². The van der Waals surface area contributed by atoms with Crippen molar-refractivity contribution in [3.8, 4) is 0 Å². The van der Waals surface area contributed by atoms with Crippen LogP contribution in [0, 0.1) is 28.6 Å². The summed E-state index contributed by atoms with van der Waals surface area (Å²) in [6.45, 7) is 21.3. The lowest BCUT2D eigenvalue weighted by Crippen LogP contribution is -2.52. The molecule has 3 aliphatic carbocycles. The third-order valence-electron chi connectivity index (χ3n) is 8.30. The molecule has 1 saturated heterocycles. The van der Waals surface area contributed by atoms with Crippen LogP contribution in [0.4, 0.5) is 0 Å². The van der Waals surface area contributed by atoms with E-state index in [9.17, 15) is 9.59 Å². The first kappa shape index (κ1) is 25.3. The number of amides is 2. The maximum absolute atomic E-state index is 12.7. The number of carbonyl (C=O) groups is 2. The van der Waals surface area contributed by atoms with E-state index in [-0.39, 0.29) is 11.3 Å². The van der Waals surface area contributed by atoms with Crippen LogP contribution in [-0.4, -0.2) is 72.3 Å². The molecule has 5 nitrogen and oxygen atoms in total. The molecule has 0 aromatic heterocycles. The largest absolute Gasteiger partial charge is 0.340 e. The van der Waals surface area contributed by atoms with E-state index in [0.29, 0.717) is 29.6 Å². The van der Waals surface area contributed by atoms with Gasteiger partial charge in [0.1, 0.15) is 0 Å². The molecule has 0 aromatic carbocycles. The Labute approximate surface area is 196 Å². The van der Waals surface area contributed by atoms with E-state index in [1.807, 2.05) is 9.80 Å². The molecule has 0 spiro atoms. The Morgan fingerprint density at radius 1 is 1.19 bits per heavy atom. The van der Waals surface area contributed by atoms with E-state index in [1.54, 1.807) is 6.92 Å². The number of fused-ring (bicyclic) bond motifs is 1. The van der Waals surface area contributed by atoms with Crippen molar-refractivity contribution in [1.29, 1.82) is 0 Å². The van der Waals surface area contributed by atoms with Gasteiger partial charge in [0.2, 0.25) is 11.8 Å². The molecule has 1 saturated carbocycles. The number of nitrogens with zero attached hydrogens (tertiary/aromatic N) is 3. The Morgan fingerprint density at radius 3 is 2.38 bits per heavy atom. The van der Waals surface area contributed by atoms with E-state index >= 15 is 0 Å². The van der Waals surface area contributed by atoms with Crippen LogP contribution < -0.4 is 0 Å². The lowest BCUT2D eigenvalue weighted by molar-refractivity contribution is -0.134. The molecule has 5 heteroatoms. The molecule has 2 bridgehead atoms. The summed E-state index contributed by atoms with van der Waals surface area (Å²) in [7, 11) is 0. The van der Waals surface area contributed by atoms with Crippen molar-refractivity contribution < 1.29 is 9.59 Å². The van der Waals surface area contributed by atoms with Crippen LogP contribution in [0.25, 0.3) is 0 Å². The maximum atomic E-state index is 12.7.